The minimum absolute atomic E-state index is 0.00419. The van der Waals surface area contributed by atoms with Gasteiger partial charge in [0.2, 0.25) is 0 Å². The third-order valence-corrected chi connectivity index (χ3v) is 3.24. The Labute approximate surface area is 126 Å². The Morgan fingerprint density at radius 1 is 1.00 bits per heavy atom. The second-order valence-electron chi connectivity index (χ2n) is 4.51. The van der Waals surface area contributed by atoms with Gasteiger partial charge in [0.1, 0.15) is 5.75 Å². The molecule has 0 radical (unpaired) electrons. The predicted octanol–water partition coefficient (Wildman–Crippen LogP) is 3.94. The summed E-state index contributed by atoms with van der Waals surface area (Å²) in [5, 5.41) is 12.2. The molecule has 0 aliphatic heterocycles. The van der Waals surface area contributed by atoms with E-state index in [1.165, 1.54) is 12.3 Å². The Kier molecular flexibility index (Phi) is 3.57. The lowest BCUT2D eigenvalue weighted by Gasteiger charge is -2.11. The molecule has 2 aromatic carbocycles. The van der Waals surface area contributed by atoms with Crippen molar-refractivity contribution in [3.8, 4) is 17.2 Å². The van der Waals surface area contributed by atoms with Gasteiger partial charge in [-0.3, -0.25) is 15.1 Å². The first-order valence-corrected chi connectivity index (χ1v) is 6.52. The highest BCUT2D eigenvalue weighted by molar-refractivity contribution is 5.94. The molecule has 0 spiro atoms. The molecule has 22 heavy (non-hydrogen) atoms. The summed E-state index contributed by atoms with van der Waals surface area (Å²) in [6.07, 6.45) is 3.03. The molecule has 0 saturated carbocycles. The summed E-state index contributed by atoms with van der Waals surface area (Å²) in [6, 6.07) is 11.9. The summed E-state index contributed by atoms with van der Waals surface area (Å²) in [7, 11) is 1.56. The van der Waals surface area contributed by atoms with Crippen LogP contribution < -0.4 is 9.47 Å². The predicted molar refractivity (Wildman–Crippen MR) is 81.5 cm³/mol. The average Bonchev–Trinajstić information content (AvgIpc) is 2.55. The van der Waals surface area contributed by atoms with Gasteiger partial charge < -0.3 is 9.47 Å². The Morgan fingerprint density at radius 3 is 2.50 bits per heavy atom. The molecule has 0 amide bonds. The molecule has 0 aliphatic carbocycles. The van der Waals surface area contributed by atoms with Crippen molar-refractivity contribution in [2.75, 3.05) is 7.11 Å². The van der Waals surface area contributed by atoms with Gasteiger partial charge in [0.05, 0.1) is 17.4 Å². The zero-order valence-electron chi connectivity index (χ0n) is 11.7. The lowest BCUT2D eigenvalue weighted by atomic mass is 10.1. The van der Waals surface area contributed by atoms with Crippen LogP contribution in [0.4, 0.5) is 5.69 Å². The lowest BCUT2D eigenvalue weighted by Crippen LogP contribution is -1.94. The van der Waals surface area contributed by atoms with E-state index in [0.717, 1.165) is 0 Å². The van der Waals surface area contributed by atoms with Gasteiger partial charge in [-0.05, 0) is 24.3 Å². The van der Waals surface area contributed by atoms with Crippen LogP contribution in [0.2, 0.25) is 0 Å². The van der Waals surface area contributed by atoms with Crippen molar-refractivity contribution in [1.29, 1.82) is 0 Å². The van der Waals surface area contributed by atoms with Gasteiger partial charge in [-0.15, -0.1) is 0 Å². The largest absolute Gasteiger partial charge is 0.493 e. The topological polar surface area (TPSA) is 74.5 Å². The van der Waals surface area contributed by atoms with Crippen LogP contribution in [-0.4, -0.2) is 17.0 Å². The van der Waals surface area contributed by atoms with E-state index in [9.17, 15) is 10.1 Å². The number of hydrogen-bond acceptors (Lipinski definition) is 5. The average molecular weight is 296 g/mol. The number of fused-ring (bicyclic) bond motifs is 1. The summed E-state index contributed by atoms with van der Waals surface area (Å²) in [5.74, 6) is 1.63. The fourth-order valence-electron chi connectivity index (χ4n) is 2.22. The summed E-state index contributed by atoms with van der Waals surface area (Å²) >= 11 is 0. The molecule has 0 saturated heterocycles. The number of rotatable bonds is 4. The number of non-ortho nitro benzene ring substituents is 1. The number of pyridine rings is 1. The molecule has 1 aromatic heterocycles. The molecule has 6 heteroatoms. The van der Waals surface area contributed by atoms with E-state index >= 15 is 0 Å². The SMILES string of the molecule is COc1ccccc1Oc1ccc([N+](=O)[O-])c2cnccc12. The third-order valence-electron chi connectivity index (χ3n) is 3.24. The Hall–Kier alpha value is -3.15. The number of ether oxygens (including phenoxy) is 2. The van der Waals surface area contributed by atoms with E-state index < -0.39 is 4.92 Å². The van der Waals surface area contributed by atoms with Crippen molar-refractivity contribution >= 4 is 16.5 Å². The maximum Gasteiger partial charge on any atom is 0.279 e. The van der Waals surface area contributed by atoms with Crippen LogP contribution in [0.25, 0.3) is 10.8 Å². The summed E-state index contributed by atoms with van der Waals surface area (Å²) < 4.78 is 11.1. The van der Waals surface area contributed by atoms with Crippen LogP contribution in [0.15, 0.2) is 54.9 Å². The summed E-state index contributed by atoms with van der Waals surface area (Å²) in [6.45, 7) is 0. The van der Waals surface area contributed by atoms with Crippen molar-refractivity contribution in [3.05, 3.63) is 65.0 Å². The molecule has 0 fully saturated rings. The van der Waals surface area contributed by atoms with E-state index in [1.807, 2.05) is 12.1 Å². The number of nitro benzene ring substituents is 1. The molecule has 0 bridgehead atoms. The van der Waals surface area contributed by atoms with Crippen LogP contribution >= 0.6 is 0 Å². The molecule has 0 aliphatic rings. The molecule has 3 rings (SSSR count). The Morgan fingerprint density at radius 2 is 1.77 bits per heavy atom. The van der Waals surface area contributed by atoms with Gasteiger partial charge in [-0.25, -0.2) is 0 Å². The Balaban J connectivity index is 2.12. The van der Waals surface area contributed by atoms with Crippen molar-refractivity contribution < 1.29 is 14.4 Å². The summed E-state index contributed by atoms with van der Waals surface area (Å²) in [5.41, 5.74) is -0.00419. The number of hydrogen-bond donors (Lipinski definition) is 0. The number of aromatic nitrogens is 1. The quantitative estimate of drug-likeness (QED) is 0.538. The fourth-order valence-corrected chi connectivity index (χ4v) is 2.22. The van der Waals surface area contributed by atoms with E-state index in [4.69, 9.17) is 9.47 Å². The van der Waals surface area contributed by atoms with Gasteiger partial charge in [0.15, 0.2) is 11.5 Å². The van der Waals surface area contributed by atoms with Crippen molar-refractivity contribution in [3.63, 3.8) is 0 Å². The van der Waals surface area contributed by atoms with Crippen molar-refractivity contribution in [1.82, 2.24) is 4.98 Å². The van der Waals surface area contributed by atoms with E-state index in [1.54, 1.807) is 37.6 Å². The number of methoxy groups -OCH3 is 1. The summed E-state index contributed by atoms with van der Waals surface area (Å²) in [4.78, 5) is 14.6. The van der Waals surface area contributed by atoms with Gasteiger partial charge >= 0.3 is 0 Å². The molecule has 0 unspecified atom stereocenters. The monoisotopic (exact) mass is 296 g/mol. The lowest BCUT2D eigenvalue weighted by molar-refractivity contribution is -0.383. The van der Waals surface area contributed by atoms with Gasteiger partial charge in [0, 0.05) is 23.8 Å². The minimum atomic E-state index is -0.434. The zero-order valence-corrected chi connectivity index (χ0v) is 11.7. The van der Waals surface area contributed by atoms with Crippen LogP contribution in [0.3, 0.4) is 0 Å². The first-order valence-electron chi connectivity index (χ1n) is 6.52. The highest BCUT2D eigenvalue weighted by Crippen LogP contribution is 2.37. The third kappa shape index (κ3) is 2.42. The normalized spacial score (nSPS) is 10.4. The smallest absolute Gasteiger partial charge is 0.279 e. The van der Waals surface area contributed by atoms with E-state index in [-0.39, 0.29) is 5.69 Å². The number of nitrogens with zero attached hydrogens (tertiary/aromatic N) is 2. The van der Waals surface area contributed by atoms with E-state index in [0.29, 0.717) is 28.0 Å². The second kappa shape index (κ2) is 5.69. The molecular formula is C16H12N2O4. The van der Waals surface area contributed by atoms with E-state index in [2.05, 4.69) is 4.98 Å². The van der Waals surface area contributed by atoms with Crippen molar-refractivity contribution in [2.45, 2.75) is 0 Å². The second-order valence-corrected chi connectivity index (χ2v) is 4.51. The first kappa shape index (κ1) is 13.8. The molecule has 0 atom stereocenters. The number of nitro groups is 1. The van der Waals surface area contributed by atoms with Crippen molar-refractivity contribution in [2.24, 2.45) is 0 Å². The standard InChI is InChI=1S/C16H12N2O4/c1-21-15-4-2-3-5-16(15)22-14-7-6-13(18(19)20)12-10-17-9-8-11(12)14/h2-10H,1H3. The minimum Gasteiger partial charge on any atom is -0.493 e. The fraction of sp³-hybridized carbons (Fsp3) is 0.0625. The van der Waals surface area contributed by atoms with Gasteiger partial charge in [0.25, 0.3) is 5.69 Å². The van der Waals surface area contributed by atoms with Crippen LogP contribution in [-0.2, 0) is 0 Å². The highest BCUT2D eigenvalue weighted by Gasteiger charge is 2.16. The Bertz CT molecular complexity index is 848. The first-order chi connectivity index (χ1) is 10.7. The molecular weight excluding hydrogens is 284 g/mol. The van der Waals surface area contributed by atoms with Gasteiger partial charge in [-0.2, -0.15) is 0 Å². The highest BCUT2D eigenvalue weighted by atomic mass is 16.6. The molecule has 0 N–H and O–H groups in total. The van der Waals surface area contributed by atoms with Crippen LogP contribution in [0.1, 0.15) is 0 Å². The molecule has 110 valence electrons. The maximum absolute atomic E-state index is 11.1. The molecule has 6 nitrogen and oxygen atoms in total. The number of para-hydroxylation sites is 2. The molecule has 3 aromatic rings. The zero-order chi connectivity index (χ0) is 15.5. The maximum atomic E-state index is 11.1. The van der Waals surface area contributed by atoms with Crippen LogP contribution in [0.5, 0.6) is 17.2 Å². The van der Waals surface area contributed by atoms with Crippen LogP contribution in [0, 0.1) is 10.1 Å². The number of benzene rings is 2. The van der Waals surface area contributed by atoms with Gasteiger partial charge in [-0.1, -0.05) is 12.1 Å². The molecule has 1 heterocycles.